The van der Waals surface area contributed by atoms with E-state index < -0.39 is 50.2 Å². The molecular weight excluding hydrogens is 841 g/mol. The largest absolute Gasteiger partial charge is 0.417 e. The van der Waals surface area contributed by atoms with Gasteiger partial charge in [-0.15, -0.1) is 0 Å². The van der Waals surface area contributed by atoms with Gasteiger partial charge in [-0.25, -0.2) is 17.9 Å². The van der Waals surface area contributed by atoms with Crippen molar-refractivity contribution in [3.63, 3.8) is 0 Å². The van der Waals surface area contributed by atoms with Gasteiger partial charge >= 0.3 is 6.18 Å². The van der Waals surface area contributed by atoms with Crippen LogP contribution in [-0.2, 0) is 33.6 Å². The van der Waals surface area contributed by atoms with Gasteiger partial charge in [0.25, 0.3) is 17.4 Å². The Morgan fingerprint density at radius 1 is 0.873 bits per heavy atom. The van der Waals surface area contributed by atoms with Gasteiger partial charge in [-0.3, -0.25) is 19.3 Å². The second kappa shape index (κ2) is 20.0. The molecule has 1 saturated heterocycles. The first kappa shape index (κ1) is 46.5. The van der Waals surface area contributed by atoms with Crippen molar-refractivity contribution in [1.29, 1.82) is 5.26 Å². The van der Waals surface area contributed by atoms with Crippen molar-refractivity contribution in [3.05, 3.63) is 135 Å². The highest BCUT2D eigenvalue weighted by Crippen LogP contribution is 2.34. The number of unbranched alkanes of at least 4 members (excludes halogenated alkanes) is 5. The van der Waals surface area contributed by atoms with Gasteiger partial charge in [0.05, 0.1) is 44.5 Å². The highest BCUT2D eigenvalue weighted by molar-refractivity contribution is 7.91. The van der Waals surface area contributed by atoms with Crippen LogP contribution in [0.5, 0.6) is 0 Å². The molecule has 0 bridgehead atoms. The first-order valence-corrected chi connectivity index (χ1v) is 22.3. The molecule has 1 unspecified atom stereocenters. The molecule has 3 N–H and O–H groups in total. The van der Waals surface area contributed by atoms with Gasteiger partial charge in [0.2, 0.25) is 0 Å². The molecule has 332 valence electrons. The zero-order valence-corrected chi connectivity index (χ0v) is 35.5. The lowest BCUT2D eigenvalue weighted by Crippen LogP contribution is -2.49. The summed E-state index contributed by atoms with van der Waals surface area (Å²) in [6.45, 7) is 4.26. The Bertz CT molecular complexity index is 2660. The fourth-order valence-electron chi connectivity index (χ4n) is 7.66. The van der Waals surface area contributed by atoms with E-state index >= 15 is 0 Å². The van der Waals surface area contributed by atoms with Gasteiger partial charge in [0.15, 0.2) is 15.4 Å². The quantitative estimate of drug-likeness (QED) is 0.0653. The zero-order chi connectivity index (χ0) is 45.4. The Labute approximate surface area is 362 Å². The van der Waals surface area contributed by atoms with Crippen molar-refractivity contribution >= 4 is 38.1 Å². The summed E-state index contributed by atoms with van der Waals surface area (Å²) in [4.78, 5) is 42.3. The lowest BCUT2D eigenvalue weighted by atomic mass is 10.0. The van der Waals surface area contributed by atoms with Crippen LogP contribution in [0.2, 0.25) is 0 Å². The summed E-state index contributed by atoms with van der Waals surface area (Å²) in [5, 5.41) is 29.8. The van der Waals surface area contributed by atoms with Crippen LogP contribution in [0.1, 0.15) is 83.8 Å². The van der Waals surface area contributed by atoms with Gasteiger partial charge in [0, 0.05) is 43.7 Å². The number of rotatable bonds is 17. The molecule has 0 radical (unpaired) electrons. The van der Waals surface area contributed by atoms with Crippen LogP contribution in [-0.4, -0.2) is 89.4 Å². The van der Waals surface area contributed by atoms with Crippen molar-refractivity contribution < 1.29 is 40.7 Å². The number of hydrogen-bond acceptors (Lipinski definition) is 9. The van der Waals surface area contributed by atoms with E-state index in [0.717, 1.165) is 76.1 Å². The third-order valence-corrected chi connectivity index (χ3v) is 13.1. The summed E-state index contributed by atoms with van der Waals surface area (Å²) in [6, 6.07) is 21.7. The van der Waals surface area contributed by atoms with Crippen LogP contribution in [0.15, 0.2) is 94.6 Å². The SMILES string of the molecule is CC(O)(CS(=O)(=O)c1ccc(CCCCCCCCN2CCN(C(=O)c3cc(Cc4n[nH]c(=O)c5ccccc45)ccc3F)CC2)cc1)C(=O)Nc1ccc(C#N)c(C(F)(F)F)c1. The zero-order valence-electron chi connectivity index (χ0n) is 34.7. The minimum atomic E-state index is -4.87. The molecule has 1 aromatic heterocycles. The number of piperazine rings is 1. The van der Waals surface area contributed by atoms with Crippen molar-refractivity contribution in [1.82, 2.24) is 20.0 Å². The topological polar surface area (TPSA) is 177 Å². The lowest BCUT2D eigenvalue weighted by molar-refractivity contribution is -0.137. The maximum atomic E-state index is 14.9. The highest BCUT2D eigenvalue weighted by Gasteiger charge is 2.38. The maximum Gasteiger partial charge on any atom is 0.417 e. The number of fused-ring (bicyclic) bond motifs is 1. The Morgan fingerprint density at radius 3 is 2.21 bits per heavy atom. The maximum absolute atomic E-state index is 14.9. The number of alkyl halides is 3. The number of benzene rings is 4. The Balaban J connectivity index is 0.868. The molecule has 6 rings (SSSR count). The third-order valence-electron chi connectivity index (χ3n) is 11.2. The molecule has 5 aromatic rings. The number of nitrogens with one attached hydrogen (secondary N) is 2. The van der Waals surface area contributed by atoms with Crippen molar-refractivity contribution in [3.8, 4) is 6.07 Å². The minimum Gasteiger partial charge on any atom is -0.379 e. The second-order valence-corrected chi connectivity index (χ2v) is 18.0. The van der Waals surface area contributed by atoms with Gasteiger partial charge in [-0.05, 0) is 92.4 Å². The molecule has 17 heteroatoms. The Hall–Kier alpha value is -5.96. The van der Waals surface area contributed by atoms with Gasteiger partial charge in [-0.2, -0.15) is 23.5 Å². The van der Waals surface area contributed by atoms with Gasteiger partial charge < -0.3 is 15.3 Å². The number of halogens is 4. The number of sulfone groups is 1. The monoisotopic (exact) mass is 888 g/mol. The summed E-state index contributed by atoms with van der Waals surface area (Å²) >= 11 is 0. The number of anilines is 1. The molecule has 4 aromatic carbocycles. The molecule has 63 heavy (non-hydrogen) atoms. The number of amides is 2. The molecule has 12 nitrogen and oxygen atoms in total. The number of aryl methyl sites for hydroxylation is 1. The predicted molar refractivity (Wildman–Crippen MR) is 229 cm³/mol. The Kier molecular flexibility index (Phi) is 14.8. The number of aliphatic hydroxyl groups is 1. The fraction of sp³-hybridized carbons (Fsp3) is 0.370. The predicted octanol–water partition coefficient (Wildman–Crippen LogP) is 7.05. The second-order valence-electron chi connectivity index (χ2n) is 16.0. The van der Waals surface area contributed by atoms with Crippen LogP contribution < -0.4 is 10.9 Å². The van der Waals surface area contributed by atoms with E-state index in [1.54, 1.807) is 41.3 Å². The number of nitrogens with zero attached hydrogens (tertiary/aromatic N) is 4. The van der Waals surface area contributed by atoms with Crippen molar-refractivity contribution in [2.24, 2.45) is 0 Å². The van der Waals surface area contributed by atoms with Crippen LogP contribution in [0, 0.1) is 17.1 Å². The summed E-state index contributed by atoms with van der Waals surface area (Å²) < 4.78 is 81.2. The van der Waals surface area contributed by atoms with E-state index in [1.165, 1.54) is 24.3 Å². The molecule has 0 aliphatic carbocycles. The van der Waals surface area contributed by atoms with Crippen molar-refractivity contribution in [2.45, 2.75) is 75.0 Å². The molecule has 2 heterocycles. The average Bonchev–Trinajstić information content (AvgIpc) is 3.25. The van der Waals surface area contributed by atoms with Gasteiger partial charge in [-0.1, -0.05) is 62.1 Å². The van der Waals surface area contributed by atoms with E-state index in [1.807, 2.05) is 12.1 Å². The molecule has 0 saturated carbocycles. The normalized spacial score (nSPS) is 14.6. The average molecular weight is 889 g/mol. The van der Waals surface area contributed by atoms with E-state index in [2.05, 4.69) is 20.4 Å². The van der Waals surface area contributed by atoms with Crippen molar-refractivity contribution in [2.75, 3.05) is 43.8 Å². The third kappa shape index (κ3) is 11.9. The number of hydrogen-bond donors (Lipinski definition) is 3. The highest BCUT2D eigenvalue weighted by atomic mass is 32.2. The lowest BCUT2D eigenvalue weighted by Gasteiger charge is -2.35. The summed E-state index contributed by atoms with van der Waals surface area (Å²) in [5.41, 5.74) is -2.78. The van der Waals surface area contributed by atoms with E-state index in [0.29, 0.717) is 60.7 Å². The minimum absolute atomic E-state index is 0.0195. The number of nitriles is 1. The number of carbonyl (C=O) groups excluding carboxylic acids is 2. The Morgan fingerprint density at radius 2 is 1.52 bits per heavy atom. The van der Waals surface area contributed by atoms with Gasteiger partial charge in [0.1, 0.15) is 5.82 Å². The molecule has 1 aliphatic rings. The summed E-state index contributed by atoms with van der Waals surface area (Å²) in [5.74, 6) is -3.16. The fourth-order valence-corrected chi connectivity index (χ4v) is 9.25. The molecule has 1 aliphatic heterocycles. The smallest absolute Gasteiger partial charge is 0.379 e. The van der Waals surface area contributed by atoms with Crippen LogP contribution in [0.4, 0.5) is 23.2 Å². The van der Waals surface area contributed by atoms with E-state index in [9.17, 15) is 45.5 Å². The van der Waals surface area contributed by atoms with E-state index in [-0.39, 0.29) is 27.6 Å². The number of aromatic amines is 1. The molecule has 1 atom stereocenters. The van der Waals surface area contributed by atoms with Crippen LogP contribution >= 0.6 is 0 Å². The molecule has 0 spiro atoms. The molecular formula is C46H48F4N6O6S. The number of carbonyl (C=O) groups is 2. The first-order valence-electron chi connectivity index (χ1n) is 20.7. The molecule has 1 fully saturated rings. The van der Waals surface area contributed by atoms with E-state index in [4.69, 9.17) is 5.26 Å². The van der Waals surface area contributed by atoms with Crippen LogP contribution in [0.3, 0.4) is 0 Å². The number of aromatic nitrogens is 2. The molecule has 2 amide bonds. The summed E-state index contributed by atoms with van der Waals surface area (Å²) in [7, 11) is -4.17. The first-order chi connectivity index (χ1) is 29.9. The number of H-pyrrole nitrogens is 1. The summed E-state index contributed by atoms with van der Waals surface area (Å²) in [6.07, 6.45) is 2.21. The van der Waals surface area contributed by atoms with Crippen LogP contribution in [0.25, 0.3) is 10.8 Å². The standard InChI is InChI=1S/C46H48F4N6O6S/c1-45(60,44(59)52-34-17-16-33(29-51)39(28-34)46(48,49)50)30-63(61,62)35-18-13-31(14-19-35)10-6-4-2-3-5-9-21-55-22-24-56(25-23-55)43(58)38-26-32(15-20-40(38)47)27-41-36-11-7-8-12-37(36)42(57)54-53-41/h7-8,11-20,26,28,60H,2-6,9-10,21-25,27,30H2,1H3,(H,52,59)(H,54,57).